The van der Waals surface area contributed by atoms with Crippen molar-refractivity contribution in [2.45, 2.75) is 57.7 Å². The minimum atomic E-state index is -1.57. The number of allylic oxidation sites excluding steroid dienone is 4. The summed E-state index contributed by atoms with van der Waals surface area (Å²) >= 11 is 5.67. The summed E-state index contributed by atoms with van der Waals surface area (Å²) in [5, 5.41) is 11.4. The van der Waals surface area contributed by atoms with Gasteiger partial charge in [-0.05, 0) is 56.1 Å². The fourth-order valence-electron chi connectivity index (χ4n) is 7.21. The summed E-state index contributed by atoms with van der Waals surface area (Å²) in [7, 11) is 1.19. The standard InChI is InChI=1S/C23H29ClO7/c1-21-8-6-14(25)10-13(21)4-5-15-16-7-9-23(19(27)30-12-24,31-20(28)29-3)22(16,2)11-17(26)18(15)21/h6,8,10,15-18,26H,4-5,7,9,11-12H2,1-3H3/t15-,16-,17-,18+,21-,22-,23-/m0/s1. The number of rotatable bonds is 3. The van der Waals surface area contributed by atoms with E-state index in [2.05, 4.69) is 6.92 Å². The number of aliphatic hydroxyl groups excluding tert-OH is 1. The fourth-order valence-corrected chi connectivity index (χ4v) is 7.31. The summed E-state index contributed by atoms with van der Waals surface area (Å²) in [6.45, 7) is 3.98. The van der Waals surface area contributed by atoms with E-state index in [4.69, 9.17) is 25.8 Å². The van der Waals surface area contributed by atoms with Gasteiger partial charge in [0.05, 0.1) is 13.2 Å². The number of carbonyl (C=O) groups excluding carboxylic acids is 3. The third kappa shape index (κ3) is 3.07. The second-order valence-electron chi connectivity index (χ2n) is 9.67. The second kappa shape index (κ2) is 7.62. The zero-order valence-corrected chi connectivity index (χ0v) is 18.8. The molecular formula is C23H29ClO7. The van der Waals surface area contributed by atoms with E-state index in [-0.39, 0.29) is 42.4 Å². The molecule has 0 radical (unpaired) electrons. The zero-order chi connectivity index (χ0) is 22.6. The van der Waals surface area contributed by atoms with Crippen LogP contribution in [0.2, 0.25) is 0 Å². The number of esters is 1. The Morgan fingerprint density at radius 3 is 2.71 bits per heavy atom. The molecule has 0 aliphatic heterocycles. The quantitative estimate of drug-likeness (QED) is 0.516. The van der Waals surface area contributed by atoms with E-state index in [0.717, 1.165) is 18.4 Å². The molecule has 4 rings (SSSR count). The van der Waals surface area contributed by atoms with Gasteiger partial charge in [-0.3, -0.25) is 4.79 Å². The Morgan fingerprint density at radius 2 is 2.03 bits per heavy atom. The van der Waals surface area contributed by atoms with Crippen LogP contribution in [0.4, 0.5) is 4.79 Å². The fraction of sp³-hybridized carbons (Fsp3) is 0.696. The number of halogens is 1. The van der Waals surface area contributed by atoms with Crippen molar-refractivity contribution in [3.63, 3.8) is 0 Å². The largest absolute Gasteiger partial charge is 0.509 e. The monoisotopic (exact) mass is 452 g/mol. The summed E-state index contributed by atoms with van der Waals surface area (Å²) in [6, 6.07) is -0.356. The van der Waals surface area contributed by atoms with Gasteiger partial charge in [-0.15, -0.1) is 0 Å². The van der Waals surface area contributed by atoms with Gasteiger partial charge in [-0.2, -0.15) is 0 Å². The van der Waals surface area contributed by atoms with E-state index < -0.39 is 34.7 Å². The maximum atomic E-state index is 13.1. The summed E-state index contributed by atoms with van der Waals surface area (Å²) in [4.78, 5) is 37.2. The van der Waals surface area contributed by atoms with Crippen LogP contribution in [-0.4, -0.2) is 47.9 Å². The lowest BCUT2D eigenvalue weighted by molar-refractivity contribution is -0.199. The maximum absolute atomic E-state index is 13.1. The van der Waals surface area contributed by atoms with Crippen LogP contribution in [0, 0.1) is 28.6 Å². The average Bonchev–Trinajstić information content (AvgIpc) is 3.01. The molecule has 0 aromatic carbocycles. The number of ketones is 1. The number of fused-ring (bicyclic) bond motifs is 5. The summed E-state index contributed by atoms with van der Waals surface area (Å²) in [5.74, 6) is -0.683. The molecule has 0 aromatic rings. The number of hydrogen-bond acceptors (Lipinski definition) is 7. The molecule has 170 valence electrons. The van der Waals surface area contributed by atoms with Crippen molar-refractivity contribution in [1.82, 2.24) is 0 Å². The van der Waals surface area contributed by atoms with Gasteiger partial charge in [-0.25, -0.2) is 9.59 Å². The van der Waals surface area contributed by atoms with Crippen molar-refractivity contribution < 1.29 is 33.7 Å². The van der Waals surface area contributed by atoms with E-state index in [1.807, 2.05) is 13.0 Å². The molecule has 0 saturated heterocycles. The van der Waals surface area contributed by atoms with Gasteiger partial charge in [0, 0.05) is 16.7 Å². The molecule has 1 N–H and O–H groups in total. The Kier molecular flexibility index (Phi) is 5.49. The van der Waals surface area contributed by atoms with Crippen LogP contribution in [0.25, 0.3) is 0 Å². The van der Waals surface area contributed by atoms with Gasteiger partial charge in [0.2, 0.25) is 5.60 Å². The number of methoxy groups -OCH3 is 1. The molecule has 0 unspecified atom stereocenters. The smallest absolute Gasteiger partial charge is 0.446 e. The first-order chi connectivity index (χ1) is 14.6. The second-order valence-corrected chi connectivity index (χ2v) is 9.89. The van der Waals surface area contributed by atoms with Crippen molar-refractivity contribution in [1.29, 1.82) is 0 Å². The molecule has 0 bridgehead atoms. The number of hydrogen-bond donors (Lipinski definition) is 1. The molecule has 4 aliphatic carbocycles. The van der Waals surface area contributed by atoms with Gasteiger partial charge < -0.3 is 19.3 Å². The minimum absolute atomic E-state index is 0.0174. The van der Waals surface area contributed by atoms with Gasteiger partial charge in [0.15, 0.2) is 11.8 Å². The predicted molar refractivity (Wildman–Crippen MR) is 111 cm³/mol. The number of carbonyl (C=O) groups is 3. The molecule has 0 amide bonds. The number of ether oxygens (including phenoxy) is 3. The highest BCUT2D eigenvalue weighted by Crippen LogP contribution is 2.68. The van der Waals surface area contributed by atoms with Crippen LogP contribution in [0.15, 0.2) is 23.8 Å². The number of alkyl halides is 1. The molecule has 4 aliphatic rings. The van der Waals surface area contributed by atoms with Crippen LogP contribution >= 0.6 is 11.6 Å². The SMILES string of the molecule is COC(=O)O[C@]1(C(=O)OCCl)CC[C@H]2[C@@H]3CCC4=CC(=O)C=C[C@]4(C)[C@H]3[C@@H](O)C[C@@]21C. The highest BCUT2D eigenvalue weighted by atomic mass is 35.5. The van der Waals surface area contributed by atoms with Crippen LogP contribution in [0.3, 0.4) is 0 Å². The lowest BCUT2D eigenvalue weighted by Crippen LogP contribution is -2.62. The Morgan fingerprint density at radius 1 is 1.29 bits per heavy atom. The van der Waals surface area contributed by atoms with Gasteiger partial charge in [0.25, 0.3) is 0 Å². The number of aliphatic hydroxyl groups is 1. The molecule has 7 atom stereocenters. The molecule has 3 fully saturated rings. The summed E-state index contributed by atoms with van der Waals surface area (Å²) < 4.78 is 15.5. The van der Waals surface area contributed by atoms with Crippen molar-refractivity contribution in [3.8, 4) is 0 Å². The van der Waals surface area contributed by atoms with Crippen LogP contribution in [-0.2, 0) is 23.8 Å². The topological polar surface area (TPSA) is 99.1 Å². The third-order valence-corrected chi connectivity index (χ3v) is 8.66. The summed E-state index contributed by atoms with van der Waals surface area (Å²) in [6.07, 6.45) is 6.25. The molecule has 0 spiro atoms. The molecule has 8 heteroatoms. The van der Waals surface area contributed by atoms with E-state index >= 15 is 0 Å². The van der Waals surface area contributed by atoms with Crippen molar-refractivity contribution >= 4 is 29.5 Å². The van der Waals surface area contributed by atoms with Crippen LogP contribution in [0.1, 0.15) is 46.0 Å². The normalized spacial score (nSPS) is 43.3. The third-order valence-electron chi connectivity index (χ3n) is 8.56. The Hall–Kier alpha value is -1.86. The van der Waals surface area contributed by atoms with Crippen molar-refractivity contribution in [3.05, 3.63) is 23.8 Å². The van der Waals surface area contributed by atoms with Crippen molar-refractivity contribution in [2.75, 3.05) is 13.2 Å². The maximum Gasteiger partial charge on any atom is 0.509 e. The van der Waals surface area contributed by atoms with Gasteiger partial charge in [0.1, 0.15) is 0 Å². The van der Waals surface area contributed by atoms with E-state index in [0.29, 0.717) is 6.42 Å². The first kappa shape index (κ1) is 22.3. The molecule has 31 heavy (non-hydrogen) atoms. The highest BCUT2D eigenvalue weighted by Gasteiger charge is 2.71. The molecule has 7 nitrogen and oxygen atoms in total. The molecule has 3 saturated carbocycles. The van der Waals surface area contributed by atoms with E-state index in [1.54, 1.807) is 12.2 Å². The Bertz CT molecular complexity index is 866. The van der Waals surface area contributed by atoms with E-state index in [1.165, 1.54) is 7.11 Å². The predicted octanol–water partition coefficient (Wildman–Crippen LogP) is 3.53. The zero-order valence-electron chi connectivity index (χ0n) is 18.1. The van der Waals surface area contributed by atoms with Crippen molar-refractivity contribution in [2.24, 2.45) is 28.6 Å². The first-order valence-electron chi connectivity index (χ1n) is 10.8. The Balaban J connectivity index is 1.75. The van der Waals surface area contributed by atoms with Gasteiger partial charge in [-0.1, -0.05) is 37.1 Å². The molecular weight excluding hydrogens is 424 g/mol. The van der Waals surface area contributed by atoms with Crippen LogP contribution < -0.4 is 0 Å². The van der Waals surface area contributed by atoms with E-state index in [9.17, 15) is 19.5 Å². The lowest BCUT2D eigenvalue weighted by atomic mass is 9.46. The summed E-state index contributed by atoms with van der Waals surface area (Å²) in [5.41, 5.74) is -1.76. The Labute approximate surface area is 186 Å². The van der Waals surface area contributed by atoms with Gasteiger partial charge >= 0.3 is 12.1 Å². The van der Waals surface area contributed by atoms with Crippen LogP contribution in [0.5, 0.6) is 0 Å². The molecule has 0 aromatic heterocycles. The highest BCUT2D eigenvalue weighted by molar-refractivity contribution is 6.17. The lowest BCUT2D eigenvalue weighted by Gasteiger charge is -2.59. The first-order valence-corrected chi connectivity index (χ1v) is 11.3. The average molecular weight is 453 g/mol. The molecule has 0 heterocycles. The minimum Gasteiger partial charge on any atom is -0.446 e.